The molecule has 250 valence electrons. The Kier molecular flexibility index (Phi) is 8.38. The number of benzene rings is 1. The van der Waals surface area contributed by atoms with Crippen LogP contribution in [0.2, 0.25) is 0 Å². The second-order valence-electron chi connectivity index (χ2n) is 13.8. The smallest absolute Gasteiger partial charge is 0.333 e. The number of methoxy groups -OCH3 is 1. The van der Waals surface area contributed by atoms with Crippen LogP contribution in [0.1, 0.15) is 69.6 Å². The van der Waals surface area contributed by atoms with Gasteiger partial charge >= 0.3 is 5.69 Å². The zero-order chi connectivity index (χ0) is 33.0. The van der Waals surface area contributed by atoms with E-state index in [1.807, 2.05) is 31.2 Å². The minimum Gasteiger partial charge on any atom is -0.496 e. The molecule has 4 aromatic rings. The van der Waals surface area contributed by atoms with E-state index >= 15 is 0 Å². The second-order valence-corrected chi connectivity index (χ2v) is 14.8. The van der Waals surface area contributed by atoms with Gasteiger partial charge in [0.25, 0.3) is 5.56 Å². The standard InChI is InChI=1S/C35H42N4O7S/c1-20-28-31(41)39(35(2,3)33(42)37-12-7-8-13-37)34(43)38(32(28)47-29(20)30-36-11-14-45-30)19-27(25-9-5-6-10-26(25)44-4)46-24-17-21-15-23(40)16-22(21)18-24/h5-6,9-11,14,21-24,27,40H,7-8,12-13,15-19H2,1-4H3/t21-,22+,23-,24+,27?. The van der Waals surface area contributed by atoms with E-state index in [0.717, 1.165) is 48.7 Å². The summed E-state index contributed by atoms with van der Waals surface area (Å²) in [6, 6.07) is 7.63. The first-order valence-corrected chi connectivity index (χ1v) is 17.3. The molecule has 1 N–H and O–H groups in total. The first-order valence-electron chi connectivity index (χ1n) is 16.5. The monoisotopic (exact) mass is 662 g/mol. The summed E-state index contributed by atoms with van der Waals surface area (Å²) in [4.78, 5) is 50.3. The highest BCUT2D eigenvalue weighted by Crippen LogP contribution is 2.47. The molecule has 3 aliphatic rings. The van der Waals surface area contributed by atoms with Crippen LogP contribution >= 0.6 is 11.3 Å². The van der Waals surface area contributed by atoms with Crippen molar-refractivity contribution in [3.05, 3.63) is 68.7 Å². The second kappa shape index (κ2) is 12.4. The molecule has 12 heteroatoms. The largest absolute Gasteiger partial charge is 0.496 e. The molecule has 2 saturated carbocycles. The van der Waals surface area contributed by atoms with E-state index < -0.39 is 22.9 Å². The van der Waals surface area contributed by atoms with Crippen LogP contribution in [0, 0.1) is 18.8 Å². The number of hydrogen-bond acceptors (Lipinski definition) is 9. The van der Waals surface area contributed by atoms with Gasteiger partial charge in [-0.2, -0.15) is 0 Å². The summed E-state index contributed by atoms with van der Waals surface area (Å²) in [5.41, 5.74) is -1.09. The van der Waals surface area contributed by atoms with Gasteiger partial charge in [-0.3, -0.25) is 14.2 Å². The predicted molar refractivity (Wildman–Crippen MR) is 178 cm³/mol. The lowest BCUT2D eigenvalue weighted by Gasteiger charge is -2.31. The molecule has 0 spiro atoms. The number of aliphatic hydroxyl groups excluding tert-OH is 1. The van der Waals surface area contributed by atoms with E-state index in [9.17, 15) is 19.5 Å². The number of para-hydroxylation sites is 1. The molecule has 11 nitrogen and oxygen atoms in total. The zero-order valence-corrected chi connectivity index (χ0v) is 28.1. The van der Waals surface area contributed by atoms with Crippen LogP contribution in [-0.4, -0.2) is 62.4 Å². The number of aryl methyl sites for hydroxylation is 1. The molecule has 4 heterocycles. The number of carbonyl (C=O) groups excluding carboxylic acids is 1. The van der Waals surface area contributed by atoms with Crippen molar-refractivity contribution in [3.63, 3.8) is 0 Å². The Morgan fingerprint density at radius 3 is 2.49 bits per heavy atom. The summed E-state index contributed by atoms with van der Waals surface area (Å²) >= 11 is 1.28. The van der Waals surface area contributed by atoms with Crippen LogP contribution < -0.4 is 16.0 Å². The average molecular weight is 663 g/mol. The minimum absolute atomic E-state index is 0.0642. The lowest BCUT2D eigenvalue weighted by Crippen LogP contribution is -2.56. The van der Waals surface area contributed by atoms with Crippen LogP contribution in [0.25, 0.3) is 21.0 Å². The summed E-state index contributed by atoms with van der Waals surface area (Å²) in [6.07, 6.45) is 7.12. The van der Waals surface area contributed by atoms with Crippen molar-refractivity contribution in [2.24, 2.45) is 11.8 Å². The number of carbonyl (C=O) groups is 1. The highest BCUT2D eigenvalue weighted by atomic mass is 32.1. The molecular formula is C35H42N4O7S. The quantitative estimate of drug-likeness (QED) is 0.269. The van der Waals surface area contributed by atoms with Crippen molar-refractivity contribution in [3.8, 4) is 16.5 Å². The maximum absolute atomic E-state index is 14.7. The lowest BCUT2D eigenvalue weighted by atomic mass is 10.0. The van der Waals surface area contributed by atoms with Gasteiger partial charge in [-0.1, -0.05) is 18.2 Å². The Labute approximate surface area is 276 Å². The number of aromatic nitrogens is 3. The van der Waals surface area contributed by atoms with E-state index in [0.29, 0.717) is 57.2 Å². The van der Waals surface area contributed by atoms with Gasteiger partial charge in [0.2, 0.25) is 11.8 Å². The maximum atomic E-state index is 14.7. The normalized spacial score (nSPS) is 23.5. The molecule has 0 radical (unpaired) electrons. The molecule has 1 aromatic carbocycles. The van der Waals surface area contributed by atoms with Crippen molar-refractivity contribution in [1.82, 2.24) is 19.0 Å². The van der Waals surface area contributed by atoms with Gasteiger partial charge < -0.3 is 23.9 Å². The van der Waals surface area contributed by atoms with Crippen LogP contribution in [-0.2, 0) is 21.6 Å². The van der Waals surface area contributed by atoms with Crippen molar-refractivity contribution >= 4 is 27.5 Å². The van der Waals surface area contributed by atoms with Crippen LogP contribution in [0.4, 0.5) is 0 Å². The molecule has 1 amide bonds. The Morgan fingerprint density at radius 1 is 1.13 bits per heavy atom. The van der Waals surface area contributed by atoms with Gasteiger partial charge in [0.05, 0.1) is 42.3 Å². The van der Waals surface area contributed by atoms with Crippen molar-refractivity contribution in [2.45, 2.75) is 89.7 Å². The molecule has 1 unspecified atom stereocenters. The van der Waals surface area contributed by atoms with Gasteiger partial charge in [-0.15, -0.1) is 11.3 Å². The third kappa shape index (κ3) is 5.53. The number of hydrogen-bond donors (Lipinski definition) is 1. The Morgan fingerprint density at radius 2 is 1.83 bits per heavy atom. The minimum atomic E-state index is -1.43. The van der Waals surface area contributed by atoms with E-state index in [1.54, 1.807) is 36.6 Å². The summed E-state index contributed by atoms with van der Waals surface area (Å²) in [7, 11) is 1.61. The van der Waals surface area contributed by atoms with E-state index in [4.69, 9.17) is 13.9 Å². The molecular weight excluding hydrogens is 620 g/mol. The molecule has 2 aliphatic carbocycles. The fourth-order valence-electron chi connectivity index (χ4n) is 8.13. The van der Waals surface area contributed by atoms with Crippen molar-refractivity contribution < 1.29 is 23.8 Å². The third-order valence-corrected chi connectivity index (χ3v) is 11.8. The third-order valence-electron chi connectivity index (χ3n) is 10.5. The molecule has 1 aliphatic heterocycles. The van der Waals surface area contributed by atoms with Gasteiger partial charge in [0, 0.05) is 18.7 Å². The van der Waals surface area contributed by atoms with Crippen LogP contribution in [0.3, 0.4) is 0 Å². The van der Waals surface area contributed by atoms with Gasteiger partial charge in [-0.25, -0.2) is 14.3 Å². The summed E-state index contributed by atoms with van der Waals surface area (Å²) < 4.78 is 21.0. The van der Waals surface area contributed by atoms with E-state index in [-0.39, 0.29) is 24.7 Å². The molecule has 7 rings (SSSR count). The van der Waals surface area contributed by atoms with Gasteiger partial charge in [0.15, 0.2) is 0 Å². The Hall–Kier alpha value is -3.74. The molecule has 5 atom stereocenters. The number of thiophene rings is 1. The molecule has 3 aromatic heterocycles. The van der Waals surface area contributed by atoms with Crippen molar-refractivity contribution in [1.29, 1.82) is 0 Å². The fourth-order valence-corrected chi connectivity index (χ4v) is 9.37. The molecule has 1 saturated heterocycles. The fraction of sp³-hybridized carbons (Fsp3) is 0.543. The number of fused-ring (bicyclic) bond motifs is 2. The summed E-state index contributed by atoms with van der Waals surface area (Å²) in [5, 5.41) is 10.6. The average Bonchev–Trinajstić information content (AvgIpc) is 3.88. The number of likely N-dealkylation sites (tertiary alicyclic amines) is 1. The topological polar surface area (TPSA) is 129 Å². The van der Waals surface area contributed by atoms with Gasteiger partial charge in [-0.05, 0) is 82.8 Å². The SMILES string of the molecule is COc1ccccc1C(Cn1c(=O)n(C(C)(C)C(=O)N2CCCC2)c(=O)c2c(C)c(-c3ncco3)sc21)O[C@H]1C[C@H]2C[C@@H](O)C[C@H]2C1. The number of aliphatic hydroxyl groups is 1. The number of amides is 1. The molecule has 3 fully saturated rings. The maximum Gasteiger partial charge on any atom is 0.333 e. The highest BCUT2D eigenvalue weighted by molar-refractivity contribution is 7.22. The number of nitrogens with zero attached hydrogens (tertiary/aromatic N) is 4. The zero-order valence-electron chi connectivity index (χ0n) is 27.3. The van der Waals surface area contributed by atoms with Crippen LogP contribution in [0.5, 0.6) is 5.75 Å². The number of ether oxygens (including phenoxy) is 2. The van der Waals surface area contributed by atoms with Crippen LogP contribution in [0.15, 0.2) is 50.7 Å². The Balaban J connectivity index is 1.39. The van der Waals surface area contributed by atoms with E-state index in [1.165, 1.54) is 17.6 Å². The van der Waals surface area contributed by atoms with Crippen molar-refractivity contribution in [2.75, 3.05) is 20.2 Å². The first kappa shape index (κ1) is 31.8. The first-order chi connectivity index (χ1) is 22.6. The summed E-state index contributed by atoms with van der Waals surface area (Å²) in [6.45, 7) is 6.43. The number of oxazole rings is 1. The lowest BCUT2D eigenvalue weighted by molar-refractivity contribution is -0.138. The number of rotatable bonds is 9. The molecule has 0 bridgehead atoms. The highest BCUT2D eigenvalue weighted by Gasteiger charge is 2.43. The Bertz CT molecular complexity index is 1890. The molecule has 47 heavy (non-hydrogen) atoms. The van der Waals surface area contributed by atoms with Gasteiger partial charge in [0.1, 0.15) is 28.5 Å². The predicted octanol–water partition coefficient (Wildman–Crippen LogP) is 4.86. The van der Waals surface area contributed by atoms with E-state index in [2.05, 4.69) is 4.98 Å². The summed E-state index contributed by atoms with van der Waals surface area (Å²) in [5.74, 6) is 1.56.